The first-order chi connectivity index (χ1) is 17.9. The predicted octanol–water partition coefficient (Wildman–Crippen LogP) is 3.91. The van der Waals surface area contributed by atoms with Crippen molar-refractivity contribution < 1.29 is 19.4 Å². The van der Waals surface area contributed by atoms with Crippen molar-refractivity contribution in [3.8, 4) is 22.8 Å². The molecule has 3 aromatic carbocycles. The fraction of sp³-hybridized carbons (Fsp3) is 0.179. The van der Waals surface area contributed by atoms with Crippen LogP contribution in [0.5, 0.6) is 11.5 Å². The first kappa shape index (κ1) is 24.1. The minimum absolute atomic E-state index is 0.243. The van der Waals surface area contributed by atoms with Gasteiger partial charge in [-0.1, -0.05) is 42.5 Å². The summed E-state index contributed by atoms with van der Waals surface area (Å²) in [6.07, 6.45) is 2.00. The van der Waals surface area contributed by atoms with Gasteiger partial charge >= 0.3 is 0 Å². The number of nitrogens with one attached hydrogen (secondary N) is 1. The molecule has 0 fully saturated rings. The zero-order valence-corrected chi connectivity index (χ0v) is 20.2. The van der Waals surface area contributed by atoms with Gasteiger partial charge in [-0.15, -0.1) is 0 Å². The van der Waals surface area contributed by atoms with Crippen LogP contribution in [0.4, 0.5) is 0 Å². The summed E-state index contributed by atoms with van der Waals surface area (Å²) in [4.78, 5) is 29.8. The van der Waals surface area contributed by atoms with Crippen LogP contribution in [0.3, 0.4) is 0 Å². The summed E-state index contributed by atoms with van der Waals surface area (Å²) in [5.41, 5.74) is 11.2. The Kier molecular flexibility index (Phi) is 6.61. The number of H-pyrrole nitrogens is 1. The second-order valence-corrected chi connectivity index (χ2v) is 8.63. The second kappa shape index (κ2) is 10.2. The number of carbonyl (C=O) groups is 1. The highest BCUT2D eigenvalue weighted by atomic mass is 16.6. The van der Waals surface area contributed by atoms with Crippen LogP contribution >= 0.6 is 0 Å². The van der Waals surface area contributed by atoms with Crippen LogP contribution in [0.15, 0.2) is 71.7 Å². The number of benzene rings is 3. The van der Waals surface area contributed by atoms with Crippen LogP contribution in [0, 0.1) is 0 Å². The van der Waals surface area contributed by atoms with Gasteiger partial charge in [0.05, 0.1) is 5.52 Å². The molecule has 2 aromatic heterocycles. The van der Waals surface area contributed by atoms with Crippen molar-refractivity contribution in [2.75, 3.05) is 13.2 Å². The number of nitrogens with two attached hydrogens (primary N) is 1. The molecule has 0 aliphatic carbocycles. The van der Waals surface area contributed by atoms with Crippen molar-refractivity contribution in [1.29, 1.82) is 0 Å². The fourth-order valence-corrected chi connectivity index (χ4v) is 4.46. The molecule has 1 aliphatic rings. The molecule has 37 heavy (non-hydrogen) atoms. The van der Waals surface area contributed by atoms with Gasteiger partial charge in [0.15, 0.2) is 11.5 Å². The van der Waals surface area contributed by atoms with E-state index in [1.54, 1.807) is 12.1 Å². The summed E-state index contributed by atoms with van der Waals surface area (Å²) in [6.45, 7) is 3.18. The lowest BCUT2D eigenvalue weighted by atomic mass is 10.1. The topological polar surface area (TPSA) is 132 Å². The molecule has 3 heterocycles. The molecule has 4 N–H and O–H groups in total. The fourth-order valence-electron chi connectivity index (χ4n) is 4.46. The Morgan fingerprint density at radius 2 is 1.84 bits per heavy atom. The molecule has 0 radical (unpaired) electrons. The number of hydrogen-bond acceptors (Lipinski definition) is 6. The number of carboxylic acid groups (broad SMARTS) is 1. The standard InChI is InChI=1S/C26H22N4O3.C2H4O2/c27-13-16-4-3-5-17(12-16)14-30-15-19(18-6-1-2-7-21(18)30)23-26(31)28-20-8-9-22-25(24(20)29-23)33-11-10-32-22;1-2(3)4/h1-9,12,15H,10-11,13-14,27H2,(H,28,31);1H3,(H,3,4). The minimum Gasteiger partial charge on any atom is -0.486 e. The highest BCUT2D eigenvalue weighted by Crippen LogP contribution is 2.37. The number of carboxylic acids is 1. The van der Waals surface area contributed by atoms with E-state index in [4.69, 9.17) is 30.1 Å². The van der Waals surface area contributed by atoms with Gasteiger partial charge in [-0.25, -0.2) is 4.98 Å². The Hall–Kier alpha value is -4.63. The highest BCUT2D eigenvalue weighted by Gasteiger charge is 2.20. The SMILES string of the molecule is CC(=O)O.NCc1cccc(Cn2cc(-c3nc4c5c(ccc4[nH]c3=O)OCCO5)c3ccccc32)c1. The molecular formula is C28H26N4O5. The maximum atomic E-state index is 13.1. The van der Waals surface area contributed by atoms with Crippen LogP contribution in [-0.4, -0.2) is 38.8 Å². The van der Waals surface area contributed by atoms with Crippen molar-refractivity contribution in [3.05, 3.63) is 88.3 Å². The number of nitrogens with zero attached hydrogens (tertiary/aromatic N) is 2. The Morgan fingerprint density at radius 1 is 1.08 bits per heavy atom. The van der Waals surface area contributed by atoms with E-state index in [0.717, 1.165) is 34.5 Å². The number of ether oxygens (including phenoxy) is 2. The minimum atomic E-state index is -0.833. The van der Waals surface area contributed by atoms with Crippen molar-refractivity contribution in [2.45, 2.75) is 20.0 Å². The van der Waals surface area contributed by atoms with Gasteiger partial charge < -0.3 is 29.9 Å². The summed E-state index contributed by atoms with van der Waals surface area (Å²) >= 11 is 0. The van der Waals surface area contributed by atoms with Gasteiger partial charge in [0.2, 0.25) is 0 Å². The molecule has 188 valence electrons. The van der Waals surface area contributed by atoms with Crippen molar-refractivity contribution in [2.24, 2.45) is 5.73 Å². The largest absolute Gasteiger partial charge is 0.486 e. The highest BCUT2D eigenvalue weighted by molar-refractivity contribution is 5.96. The molecule has 1 aliphatic heterocycles. The smallest absolute Gasteiger partial charge is 0.300 e. The summed E-state index contributed by atoms with van der Waals surface area (Å²) in [6, 6.07) is 19.9. The summed E-state index contributed by atoms with van der Waals surface area (Å²) in [5.74, 6) is 0.375. The first-order valence-corrected chi connectivity index (χ1v) is 11.8. The zero-order chi connectivity index (χ0) is 25.9. The lowest BCUT2D eigenvalue weighted by Gasteiger charge is -2.19. The van der Waals surface area contributed by atoms with Crippen LogP contribution in [0.1, 0.15) is 18.1 Å². The second-order valence-electron chi connectivity index (χ2n) is 8.63. The van der Waals surface area contributed by atoms with Gasteiger partial charge in [-0.3, -0.25) is 9.59 Å². The zero-order valence-electron chi connectivity index (χ0n) is 20.2. The third-order valence-corrected chi connectivity index (χ3v) is 5.99. The Morgan fingerprint density at radius 3 is 2.65 bits per heavy atom. The first-order valence-electron chi connectivity index (χ1n) is 11.8. The van der Waals surface area contributed by atoms with Gasteiger partial charge in [-0.05, 0) is 29.3 Å². The van der Waals surface area contributed by atoms with E-state index in [-0.39, 0.29) is 5.56 Å². The Bertz CT molecular complexity index is 1670. The molecular weight excluding hydrogens is 472 g/mol. The van der Waals surface area contributed by atoms with Crippen molar-refractivity contribution in [3.63, 3.8) is 0 Å². The normalized spacial score (nSPS) is 12.3. The van der Waals surface area contributed by atoms with Gasteiger partial charge in [0.25, 0.3) is 11.5 Å². The average Bonchev–Trinajstić information content (AvgIpc) is 3.26. The number of hydrogen-bond donors (Lipinski definition) is 3. The maximum Gasteiger partial charge on any atom is 0.300 e. The molecule has 6 rings (SSSR count). The van der Waals surface area contributed by atoms with E-state index >= 15 is 0 Å². The molecule has 0 spiro atoms. The van der Waals surface area contributed by atoms with Crippen LogP contribution in [-0.2, 0) is 17.9 Å². The van der Waals surface area contributed by atoms with Crippen LogP contribution in [0.25, 0.3) is 33.2 Å². The molecule has 0 atom stereocenters. The van der Waals surface area contributed by atoms with Crippen LogP contribution < -0.4 is 20.8 Å². The molecule has 0 amide bonds. The lowest BCUT2D eigenvalue weighted by Crippen LogP contribution is -2.17. The average molecular weight is 499 g/mol. The van der Waals surface area contributed by atoms with Crippen LogP contribution in [0.2, 0.25) is 0 Å². The number of fused-ring (bicyclic) bond motifs is 4. The van der Waals surface area contributed by atoms with Gasteiger partial charge in [0, 0.05) is 42.7 Å². The monoisotopic (exact) mass is 498 g/mol. The molecule has 9 nitrogen and oxygen atoms in total. The van der Waals surface area contributed by atoms with Gasteiger partial charge in [-0.2, -0.15) is 0 Å². The Labute approximate surface area is 212 Å². The lowest BCUT2D eigenvalue weighted by molar-refractivity contribution is -0.134. The van der Waals surface area contributed by atoms with E-state index in [0.29, 0.717) is 54.5 Å². The van der Waals surface area contributed by atoms with E-state index in [1.165, 1.54) is 0 Å². The summed E-state index contributed by atoms with van der Waals surface area (Å²) in [7, 11) is 0. The third kappa shape index (κ3) is 4.89. The molecule has 9 heteroatoms. The molecule has 0 bridgehead atoms. The number of para-hydroxylation sites is 1. The van der Waals surface area contributed by atoms with E-state index in [2.05, 4.69) is 27.8 Å². The maximum absolute atomic E-state index is 13.1. The molecule has 0 unspecified atom stereocenters. The third-order valence-electron chi connectivity index (χ3n) is 5.99. The van der Waals surface area contributed by atoms with Crippen molar-refractivity contribution in [1.82, 2.24) is 14.5 Å². The molecule has 5 aromatic rings. The van der Waals surface area contributed by atoms with E-state index < -0.39 is 5.97 Å². The summed E-state index contributed by atoms with van der Waals surface area (Å²) in [5, 5.41) is 8.38. The van der Waals surface area contributed by atoms with Crippen molar-refractivity contribution >= 4 is 27.9 Å². The Balaban J connectivity index is 0.000000655. The quantitative estimate of drug-likeness (QED) is 0.342. The molecule has 0 saturated carbocycles. The number of aromatic nitrogens is 3. The number of aliphatic carboxylic acids is 1. The predicted molar refractivity (Wildman–Crippen MR) is 141 cm³/mol. The number of aromatic amines is 1. The van der Waals surface area contributed by atoms with E-state index in [1.807, 2.05) is 36.5 Å². The number of rotatable bonds is 4. The van der Waals surface area contributed by atoms with Gasteiger partial charge in [0.1, 0.15) is 24.4 Å². The molecule has 0 saturated heterocycles. The summed E-state index contributed by atoms with van der Waals surface area (Å²) < 4.78 is 13.7. The van der Waals surface area contributed by atoms with E-state index in [9.17, 15) is 4.79 Å².